The first-order valence-electron chi connectivity index (χ1n) is 8.98. The molecule has 142 valence electrons. The summed E-state index contributed by atoms with van der Waals surface area (Å²) >= 11 is 0. The van der Waals surface area contributed by atoms with E-state index in [0.29, 0.717) is 11.3 Å². The van der Waals surface area contributed by atoms with Crippen molar-refractivity contribution in [3.8, 4) is 5.75 Å². The van der Waals surface area contributed by atoms with E-state index < -0.39 is 18.0 Å². The van der Waals surface area contributed by atoms with Crippen LogP contribution in [0.5, 0.6) is 5.75 Å². The minimum absolute atomic E-state index is 0.160. The number of amides is 2. The van der Waals surface area contributed by atoms with Crippen molar-refractivity contribution in [2.24, 2.45) is 5.73 Å². The van der Waals surface area contributed by atoms with E-state index in [1.165, 1.54) is 37.1 Å². The Hall–Kier alpha value is -2.57. The van der Waals surface area contributed by atoms with Crippen molar-refractivity contribution in [3.05, 3.63) is 29.8 Å². The molecule has 7 nitrogen and oxygen atoms in total. The molecule has 2 rings (SSSR count). The zero-order chi connectivity index (χ0) is 18.9. The average molecular weight is 362 g/mol. The van der Waals surface area contributed by atoms with Gasteiger partial charge in [-0.05, 0) is 44.0 Å². The SMILES string of the molecule is C[C@H](OC(=O)c1ccc(OCC(N)=O)cc1)C(=O)NC1CCCCCC1. The quantitative estimate of drug-likeness (QED) is 0.569. The third-order valence-corrected chi connectivity index (χ3v) is 4.33. The third-order valence-electron chi connectivity index (χ3n) is 4.33. The Kier molecular flexibility index (Phi) is 7.44. The molecule has 0 bridgehead atoms. The molecule has 7 heteroatoms. The minimum atomic E-state index is -0.864. The van der Waals surface area contributed by atoms with Crippen LogP contribution in [0.15, 0.2) is 24.3 Å². The molecule has 1 aromatic rings. The van der Waals surface area contributed by atoms with Crippen molar-refractivity contribution in [2.45, 2.75) is 57.6 Å². The van der Waals surface area contributed by atoms with Gasteiger partial charge in [-0.15, -0.1) is 0 Å². The number of carbonyl (C=O) groups excluding carboxylic acids is 3. The van der Waals surface area contributed by atoms with Gasteiger partial charge >= 0.3 is 5.97 Å². The number of esters is 1. The molecule has 1 fully saturated rings. The van der Waals surface area contributed by atoms with Crippen LogP contribution in [0.25, 0.3) is 0 Å². The molecule has 0 heterocycles. The zero-order valence-corrected chi connectivity index (χ0v) is 15.0. The van der Waals surface area contributed by atoms with Crippen LogP contribution in [0.2, 0.25) is 0 Å². The van der Waals surface area contributed by atoms with Crippen LogP contribution in [-0.4, -0.2) is 36.5 Å². The summed E-state index contributed by atoms with van der Waals surface area (Å²) in [5.74, 6) is -1.02. The van der Waals surface area contributed by atoms with Crippen LogP contribution in [0.3, 0.4) is 0 Å². The molecular weight excluding hydrogens is 336 g/mol. The van der Waals surface area contributed by atoms with E-state index in [0.717, 1.165) is 25.7 Å². The van der Waals surface area contributed by atoms with Crippen molar-refractivity contribution in [3.63, 3.8) is 0 Å². The highest BCUT2D eigenvalue weighted by molar-refractivity contribution is 5.92. The monoisotopic (exact) mass is 362 g/mol. The van der Waals surface area contributed by atoms with Gasteiger partial charge in [-0.25, -0.2) is 4.79 Å². The van der Waals surface area contributed by atoms with Gasteiger partial charge in [-0.2, -0.15) is 0 Å². The zero-order valence-electron chi connectivity index (χ0n) is 15.0. The topological polar surface area (TPSA) is 108 Å². The largest absolute Gasteiger partial charge is 0.484 e. The second-order valence-electron chi connectivity index (χ2n) is 6.52. The van der Waals surface area contributed by atoms with Crippen molar-refractivity contribution in [1.29, 1.82) is 0 Å². The van der Waals surface area contributed by atoms with E-state index in [2.05, 4.69) is 5.32 Å². The Morgan fingerprint density at radius 2 is 1.73 bits per heavy atom. The molecule has 26 heavy (non-hydrogen) atoms. The number of nitrogens with one attached hydrogen (secondary N) is 1. The molecule has 0 saturated heterocycles. The van der Waals surface area contributed by atoms with E-state index in [1.807, 2.05) is 0 Å². The van der Waals surface area contributed by atoms with E-state index in [4.69, 9.17) is 15.2 Å². The van der Waals surface area contributed by atoms with Gasteiger partial charge in [0.25, 0.3) is 11.8 Å². The Bertz CT molecular complexity index is 621. The highest BCUT2D eigenvalue weighted by atomic mass is 16.5. The lowest BCUT2D eigenvalue weighted by Gasteiger charge is -2.19. The van der Waals surface area contributed by atoms with Crippen LogP contribution in [0.4, 0.5) is 0 Å². The Balaban J connectivity index is 1.83. The van der Waals surface area contributed by atoms with E-state index >= 15 is 0 Å². The molecule has 1 aliphatic rings. The van der Waals surface area contributed by atoms with Gasteiger partial charge in [0.05, 0.1) is 5.56 Å². The minimum Gasteiger partial charge on any atom is -0.484 e. The summed E-state index contributed by atoms with van der Waals surface area (Å²) in [6, 6.07) is 6.25. The Labute approximate surface area is 153 Å². The summed E-state index contributed by atoms with van der Waals surface area (Å²) in [5, 5.41) is 2.97. The molecule has 0 spiro atoms. The maximum Gasteiger partial charge on any atom is 0.338 e. The Morgan fingerprint density at radius 3 is 2.31 bits per heavy atom. The molecule has 1 atom stereocenters. The number of hydrogen-bond donors (Lipinski definition) is 2. The highest BCUT2D eigenvalue weighted by Crippen LogP contribution is 2.18. The number of hydrogen-bond acceptors (Lipinski definition) is 5. The summed E-state index contributed by atoms with van der Waals surface area (Å²) in [4.78, 5) is 35.1. The molecule has 0 radical (unpaired) electrons. The second-order valence-corrected chi connectivity index (χ2v) is 6.52. The van der Waals surface area contributed by atoms with E-state index in [9.17, 15) is 14.4 Å². The first kappa shape index (κ1) is 19.8. The predicted molar refractivity (Wildman–Crippen MR) is 95.6 cm³/mol. The fourth-order valence-corrected chi connectivity index (χ4v) is 2.87. The number of benzene rings is 1. The highest BCUT2D eigenvalue weighted by Gasteiger charge is 2.22. The van der Waals surface area contributed by atoms with Crippen LogP contribution in [-0.2, 0) is 14.3 Å². The van der Waals surface area contributed by atoms with Crippen molar-refractivity contribution in [1.82, 2.24) is 5.32 Å². The third kappa shape index (κ3) is 6.38. The summed E-state index contributed by atoms with van der Waals surface area (Å²) < 4.78 is 10.4. The van der Waals surface area contributed by atoms with E-state index in [-0.39, 0.29) is 18.6 Å². The molecule has 0 aromatic heterocycles. The van der Waals surface area contributed by atoms with Gasteiger partial charge < -0.3 is 20.5 Å². The molecule has 1 saturated carbocycles. The molecule has 1 aromatic carbocycles. The summed E-state index contributed by atoms with van der Waals surface area (Å²) in [6.45, 7) is 1.33. The summed E-state index contributed by atoms with van der Waals surface area (Å²) in [7, 11) is 0. The van der Waals surface area contributed by atoms with Crippen molar-refractivity contribution in [2.75, 3.05) is 6.61 Å². The van der Waals surface area contributed by atoms with Crippen LogP contribution in [0, 0.1) is 0 Å². The number of primary amides is 1. The van der Waals surface area contributed by atoms with Crippen molar-refractivity contribution >= 4 is 17.8 Å². The molecule has 0 aliphatic heterocycles. The molecular formula is C19H26N2O5. The van der Waals surface area contributed by atoms with Gasteiger partial charge in [0, 0.05) is 6.04 Å². The number of ether oxygens (including phenoxy) is 2. The van der Waals surface area contributed by atoms with Gasteiger partial charge in [0.15, 0.2) is 12.7 Å². The number of nitrogens with two attached hydrogens (primary N) is 1. The first-order valence-corrected chi connectivity index (χ1v) is 8.98. The second kappa shape index (κ2) is 9.79. The van der Waals surface area contributed by atoms with Crippen LogP contribution >= 0.6 is 0 Å². The van der Waals surface area contributed by atoms with E-state index in [1.54, 1.807) is 6.92 Å². The van der Waals surface area contributed by atoms with Gasteiger partial charge in [0.1, 0.15) is 5.75 Å². The number of carbonyl (C=O) groups is 3. The van der Waals surface area contributed by atoms with Crippen LogP contribution < -0.4 is 15.8 Å². The summed E-state index contributed by atoms with van der Waals surface area (Å²) in [6.07, 6.45) is 5.72. The van der Waals surface area contributed by atoms with Gasteiger partial charge in [-0.1, -0.05) is 25.7 Å². The molecule has 1 aliphatic carbocycles. The fraction of sp³-hybridized carbons (Fsp3) is 0.526. The predicted octanol–water partition coefficient (Wildman–Crippen LogP) is 1.93. The van der Waals surface area contributed by atoms with Gasteiger partial charge in [-0.3, -0.25) is 9.59 Å². The smallest absolute Gasteiger partial charge is 0.338 e. The normalized spacial score (nSPS) is 16.2. The lowest BCUT2D eigenvalue weighted by molar-refractivity contribution is -0.129. The standard InChI is InChI=1S/C19H26N2O5/c1-13(18(23)21-15-6-4-2-3-5-7-15)26-19(24)14-8-10-16(11-9-14)25-12-17(20)22/h8-11,13,15H,2-7,12H2,1H3,(H2,20,22)(H,21,23)/t13-/m0/s1. The average Bonchev–Trinajstić information content (AvgIpc) is 2.88. The Morgan fingerprint density at radius 1 is 1.12 bits per heavy atom. The molecule has 3 N–H and O–H groups in total. The molecule has 0 unspecified atom stereocenters. The maximum atomic E-state index is 12.2. The van der Waals surface area contributed by atoms with Gasteiger partial charge in [0.2, 0.25) is 0 Å². The lowest BCUT2D eigenvalue weighted by Crippen LogP contribution is -2.41. The maximum absolute atomic E-state index is 12.2. The van der Waals surface area contributed by atoms with Crippen molar-refractivity contribution < 1.29 is 23.9 Å². The van der Waals surface area contributed by atoms with Crippen LogP contribution in [0.1, 0.15) is 55.8 Å². The first-order chi connectivity index (χ1) is 12.5. The fourth-order valence-electron chi connectivity index (χ4n) is 2.87. The molecule has 2 amide bonds. The lowest BCUT2D eigenvalue weighted by atomic mass is 10.1. The number of rotatable bonds is 7. The summed E-state index contributed by atoms with van der Waals surface area (Å²) in [5.41, 5.74) is 5.30.